The zero-order chi connectivity index (χ0) is 11.0. The number of fused-ring (bicyclic) bond motifs is 1. The third kappa shape index (κ3) is 1.59. The number of benzene rings is 1. The van der Waals surface area contributed by atoms with Crippen LogP contribution in [0.2, 0.25) is 0 Å². The number of carbonyl (C=O) groups excluding carboxylic acids is 2. The summed E-state index contributed by atoms with van der Waals surface area (Å²) >= 11 is 0. The van der Waals surface area contributed by atoms with Gasteiger partial charge in [0.1, 0.15) is 5.82 Å². The maximum Gasteiger partial charge on any atom is 0.289 e. The fourth-order valence-corrected chi connectivity index (χ4v) is 1.42. The highest BCUT2D eigenvalue weighted by Crippen LogP contribution is 2.13. The molecule has 1 aromatic carbocycles. The fraction of sp³-hybridized carbons (Fsp3) is 0.100. The van der Waals surface area contributed by atoms with E-state index < -0.39 is 11.7 Å². The largest absolute Gasteiger partial charge is 0.363 e. The number of hydrogen-bond acceptors (Lipinski definition) is 3. The summed E-state index contributed by atoms with van der Waals surface area (Å²) in [6.07, 6.45) is 0. The van der Waals surface area contributed by atoms with Gasteiger partial charge < -0.3 is 10.7 Å². The number of rotatable bonds is 2. The van der Waals surface area contributed by atoms with Crippen LogP contribution in [-0.4, -0.2) is 21.7 Å². The first-order valence-corrected chi connectivity index (χ1v) is 4.38. The van der Waals surface area contributed by atoms with Gasteiger partial charge in [-0.3, -0.25) is 9.59 Å². The Labute approximate surface area is 85.3 Å². The summed E-state index contributed by atoms with van der Waals surface area (Å²) in [4.78, 5) is 29.1. The van der Waals surface area contributed by atoms with Gasteiger partial charge in [-0.15, -0.1) is 0 Å². The summed E-state index contributed by atoms with van der Waals surface area (Å²) in [5, 5.41) is 0. The van der Waals surface area contributed by atoms with Gasteiger partial charge in [0.2, 0.25) is 5.78 Å². The number of nitrogens with zero attached hydrogens (tertiary/aromatic N) is 1. The van der Waals surface area contributed by atoms with Crippen LogP contribution in [0.5, 0.6) is 0 Å². The molecule has 1 aromatic heterocycles. The monoisotopic (exact) mass is 203 g/mol. The van der Waals surface area contributed by atoms with E-state index in [2.05, 4.69) is 9.97 Å². The minimum atomic E-state index is -0.953. The van der Waals surface area contributed by atoms with Crippen LogP contribution < -0.4 is 5.73 Å². The number of Topliss-reactive ketones (excluding diaryl/α,β-unsaturated/α-hetero) is 1. The molecule has 0 aliphatic carbocycles. The Bertz CT molecular complexity index is 557. The molecule has 0 atom stereocenters. The number of primary amides is 1. The van der Waals surface area contributed by atoms with Crippen molar-refractivity contribution in [1.29, 1.82) is 0 Å². The maximum atomic E-state index is 11.3. The average Bonchev–Trinajstić information content (AvgIpc) is 2.55. The number of aromatic nitrogens is 2. The Morgan fingerprint density at radius 1 is 1.40 bits per heavy atom. The second kappa shape index (κ2) is 3.20. The highest BCUT2D eigenvalue weighted by molar-refractivity contribution is 6.42. The number of nitrogens with two attached hydrogens (primary N) is 1. The van der Waals surface area contributed by atoms with Gasteiger partial charge in [-0.05, 0) is 25.1 Å². The van der Waals surface area contributed by atoms with E-state index in [9.17, 15) is 9.59 Å². The molecule has 1 heterocycles. The summed E-state index contributed by atoms with van der Waals surface area (Å²) < 4.78 is 0. The van der Waals surface area contributed by atoms with E-state index >= 15 is 0 Å². The van der Waals surface area contributed by atoms with Crippen molar-refractivity contribution < 1.29 is 9.59 Å². The van der Waals surface area contributed by atoms with Crippen molar-refractivity contribution in [2.45, 2.75) is 6.92 Å². The van der Waals surface area contributed by atoms with Crippen molar-refractivity contribution in [2.24, 2.45) is 5.73 Å². The number of nitrogens with one attached hydrogen (secondary N) is 1. The van der Waals surface area contributed by atoms with Gasteiger partial charge in [0, 0.05) is 5.56 Å². The van der Waals surface area contributed by atoms with Crippen LogP contribution >= 0.6 is 0 Å². The van der Waals surface area contributed by atoms with Crippen LogP contribution in [0.25, 0.3) is 11.0 Å². The average molecular weight is 203 g/mol. The van der Waals surface area contributed by atoms with Gasteiger partial charge in [0.15, 0.2) is 0 Å². The Morgan fingerprint density at radius 2 is 2.13 bits per heavy atom. The molecule has 0 aliphatic rings. The SMILES string of the molecule is Cc1nc2ccc(C(=O)C(N)=O)cc2[nH]1. The van der Waals surface area contributed by atoms with E-state index in [-0.39, 0.29) is 5.56 Å². The molecule has 5 heteroatoms. The molecule has 1 amide bonds. The lowest BCUT2D eigenvalue weighted by atomic mass is 10.1. The molecule has 76 valence electrons. The van der Waals surface area contributed by atoms with Crippen LogP contribution in [-0.2, 0) is 4.79 Å². The standard InChI is InChI=1S/C10H9N3O2/c1-5-12-7-3-2-6(4-8(7)13-5)9(14)10(11)15/h2-4H,1H3,(H2,11,15)(H,12,13). The molecule has 0 fully saturated rings. The molecule has 0 unspecified atom stereocenters. The predicted octanol–water partition coefficient (Wildman–Crippen LogP) is 0.539. The van der Waals surface area contributed by atoms with Crippen molar-refractivity contribution in [3.63, 3.8) is 0 Å². The van der Waals surface area contributed by atoms with Crippen molar-refractivity contribution >= 4 is 22.7 Å². The van der Waals surface area contributed by atoms with Gasteiger partial charge in [-0.25, -0.2) is 4.98 Å². The zero-order valence-corrected chi connectivity index (χ0v) is 8.07. The van der Waals surface area contributed by atoms with Crippen molar-refractivity contribution in [2.75, 3.05) is 0 Å². The molecule has 0 aliphatic heterocycles. The number of hydrogen-bond donors (Lipinski definition) is 2. The highest BCUT2D eigenvalue weighted by atomic mass is 16.2. The topological polar surface area (TPSA) is 88.8 Å². The van der Waals surface area contributed by atoms with E-state index in [1.807, 2.05) is 6.92 Å². The molecule has 0 radical (unpaired) electrons. The summed E-state index contributed by atoms with van der Waals surface area (Å²) in [6, 6.07) is 4.78. The number of amides is 1. The van der Waals surface area contributed by atoms with Crippen LogP contribution in [0.3, 0.4) is 0 Å². The molecule has 5 nitrogen and oxygen atoms in total. The van der Waals surface area contributed by atoms with Crippen LogP contribution in [0, 0.1) is 6.92 Å². The Hall–Kier alpha value is -2.17. The second-order valence-electron chi connectivity index (χ2n) is 3.25. The lowest BCUT2D eigenvalue weighted by molar-refractivity contribution is -0.114. The van der Waals surface area contributed by atoms with Crippen molar-refractivity contribution in [3.05, 3.63) is 29.6 Å². The van der Waals surface area contributed by atoms with Gasteiger partial charge in [-0.1, -0.05) is 0 Å². The molecule has 15 heavy (non-hydrogen) atoms. The molecule has 0 saturated carbocycles. The van der Waals surface area contributed by atoms with Crippen LogP contribution in [0.4, 0.5) is 0 Å². The third-order valence-corrected chi connectivity index (χ3v) is 2.09. The number of aromatic amines is 1. The van der Waals surface area contributed by atoms with E-state index in [1.165, 1.54) is 6.07 Å². The van der Waals surface area contributed by atoms with E-state index in [4.69, 9.17) is 5.73 Å². The molecule has 0 bridgehead atoms. The Morgan fingerprint density at radius 3 is 2.80 bits per heavy atom. The fourth-order valence-electron chi connectivity index (χ4n) is 1.42. The smallest absolute Gasteiger partial charge is 0.289 e. The highest BCUT2D eigenvalue weighted by Gasteiger charge is 2.13. The molecule has 2 aromatic rings. The number of imidazole rings is 1. The Balaban J connectivity index is 2.55. The first kappa shape index (κ1) is 9.39. The lowest BCUT2D eigenvalue weighted by Crippen LogP contribution is -2.22. The van der Waals surface area contributed by atoms with Crippen molar-refractivity contribution in [1.82, 2.24) is 9.97 Å². The quantitative estimate of drug-likeness (QED) is 0.551. The summed E-state index contributed by atoms with van der Waals surface area (Å²) in [6.45, 7) is 1.82. The molecule has 0 spiro atoms. The van der Waals surface area contributed by atoms with Crippen molar-refractivity contribution in [3.8, 4) is 0 Å². The normalized spacial score (nSPS) is 10.5. The van der Waals surface area contributed by atoms with Gasteiger partial charge >= 0.3 is 0 Å². The van der Waals surface area contributed by atoms with Gasteiger partial charge in [-0.2, -0.15) is 0 Å². The summed E-state index contributed by atoms with van der Waals surface area (Å²) in [7, 11) is 0. The van der Waals surface area contributed by atoms with Crippen LogP contribution in [0.1, 0.15) is 16.2 Å². The number of ketones is 1. The number of H-pyrrole nitrogens is 1. The molecule has 3 N–H and O–H groups in total. The third-order valence-electron chi connectivity index (χ3n) is 2.09. The minimum Gasteiger partial charge on any atom is -0.363 e. The van der Waals surface area contributed by atoms with E-state index in [0.29, 0.717) is 0 Å². The molecule has 0 saturated heterocycles. The minimum absolute atomic E-state index is 0.277. The first-order chi connectivity index (χ1) is 7.08. The summed E-state index contributed by atoms with van der Waals surface area (Å²) in [5.41, 5.74) is 6.66. The predicted molar refractivity (Wildman–Crippen MR) is 54.4 cm³/mol. The number of aryl methyl sites for hydroxylation is 1. The molecular formula is C10H9N3O2. The van der Waals surface area contributed by atoms with E-state index in [1.54, 1.807) is 12.1 Å². The molecule has 2 rings (SSSR count). The van der Waals surface area contributed by atoms with Gasteiger partial charge in [0.25, 0.3) is 5.91 Å². The van der Waals surface area contributed by atoms with Crippen LogP contribution in [0.15, 0.2) is 18.2 Å². The maximum absolute atomic E-state index is 11.3. The molecular weight excluding hydrogens is 194 g/mol. The van der Waals surface area contributed by atoms with Gasteiger partial charge in [0.05, 0.1) is 11.0 Å². The zero-order valence-electron chi connectivity index (χ0n) is 8.07. The number of carbonyl (C=O) groups is 2. The second-order valence-corrected chi connectivity index (χ2v) is 3.25. The summed E-state index contributed by atoms with van der Waals surface area (Å²) in [5.74, 6) is -0.886. The Kier molecular flexibility index (Phi) is 2.00. The first-order valence-electron chi connectivity index (χ1n) is 4.38. The van der Waals surface area contributed by atoms with E-state index in [0.717, 1.165) is 16.9 Å². The lowest BCUT2D eigenvalue weighted by Gasteiger charge is -1.95.